The Labute approximate surface area is 513 Å². The molecule has 0 amide bonds. The van der Waals surface area contributed by atoms with E-state index < -0.39 is 26.5 Å². The second kappa shape index (κ2) is 68.3. The fraction of sp³-hybridized carbons (Fsp3) is 0.781. The molecular weight excluding hydrogens is 1050 g/mol. The van der Waals surface area contributed by atoms with Crippen LogP contribution in [0.1, 0.15) is 335 Å². The zero-order valence-corrected chi connectivity index (χ0v) is 55.1. The van der Waals surface area contributed by atoms with Gasteiger partial charge in [-0.15, -0.1) is 0 Å². The summed E-state index contributed by atoms with van der Waals surface area (Å²) in [6.07, 6.45) is 91.0. The molecule has 0 aromatic rings. The number of hydrogen-bond donors (Lipinski definition) is 2. The molecule has 0 aliphatic heterocycles. The highest BCUT2D eigenvalue weighted by Crippen LogP contribution is 2.43. The molecule has 0 radical (unpaired) electrons. The molecule has 2 unspecified atom stereocenters. The van der Waals surface area contributed by atoms with Crippen molar-refractivity contribution < 1.29 is 37.6 Å². The molecule has 0 rings (SSSR count). The van der Waals surface area contributed by atoms with Gasteiger partial charge >= 0.3 is 19.8 Å². The summed E-state index contributed by atoms with van der Waals surface area (Å²) in [6, 6.07) is 0. The molecular formula is C73H132NO8P. The number of phosphoric ester groups is 1. The number of phosphoric acid groups is 1. The van der Waals surface area contributed by atoms with Gasteiger partial charge in [0.15, 0.2) is 6.10 Å². The summed E-state index contributed by atoms with van der Waals surface area (Å²) in [7, 11) is -4.40. The van der Waals surface area contributed by atoms with E-state index in [1.807, 2.05) is 0 Å². The van der Waals surface area contributed by atoms with Crippen molar-refractivity contribution in [2.24, 2.45) is 5.73 Å². The van der Waals surface area contributed by atoms with Crippen LogP contribution in [0.2, 0.25) is 0 Å². The van der Waals surface area contributed by atoms with Crippen molar-refractivity contribution in [3.8, 4) is 0 Å². The molecule has 3 N–H and O–H groups in total. The van der Waals surface area contributed by atoms with Crippen molar-refractivity contribution in [2.45, 2.75) is 341 Å². The van der Waals surface area contributed by atoms with Gasteiger partial charge in [-0.3, -0.25) is 18.6 Å². The Hall–Kier alpha value is -2.81. The normalized spacial score (nSPS) is 13.4. The highest BCUT2D eigenvalue weighted by molar-refractivity contribution is 7.47. The van der Waals surface area contributed by atoms with Crippen molar-refractivity contribution in [3.63, 3.8) is 0 Å². The van der Waals surface area contributed by atoms with E-state index in [2.05, 4.69) is 98.9 Å². The van der Waals surface area contributed by atoms with Crippen molar-refractivity contribution in [3.05, 3.63) is 85.1 Å². The second-order valence-electron chi connectivity index (χ2n) is 23.4. The molecule has 0 aliphatic rings. The van der Waals surface area contributed by atoms with E-state index >= 15 is 0 Å². The van der Waals surface area contributed by atoms with Gasteiger partial charge in [0.1, 0.15) is 6.61 Å². The molecule has 0 saturated carbocycles. The van der Waals surface area contributed by atoms with Gasteiger partial charge in [0.25, 0.3) is 0 Å². The first kappa shape index (κ1) is 80.2. The maximum atomic E-state index is 12.8. The standard InChI is InChI=1S/C73H132NO8P/c1-3-5-7-9-11-13-15-17-19-21-23-25-27-29-31-33-34-35-36-38-39-41-43-45-47-49-51-53-55-57-59-61-63-65-72(75)79-69-71(70-81-83(77,78)80-68-67-74)82-73(76)66-64-62-60-58-56-54-52-50-48-46-44-42-40-37-32-30-28-26-24-22-20-18-16-14-12-10-8-6-4-2/h6,8,12,14-15,17-18,20-21,23-24,26-27,29,71H,3-5,7,9-11,13,16,19,22,25,28,30-70,74H2,1-2H3,(H,77,78)/b8-6-,14-12-,17-15-,20-18-,23-21-,26-24-,29-27-. The van der Waals surface area contributed by atoms with Gasteiger partial charge in [-0.1, -0.05) is 317 Å². The molecule has 0 spiro atoms. The van der Waals surface area contributed by atoms with Crippen LogP contribution in [0.4, 0.5) is 0 Å². The van der Waals surface area contributed by atoms with E-state index in [0.29, 0.717) is 6.42 Å². The minimum absolute atomic E-state index is 0.0525. The van der Waals surface area contributed by atoms with Gasteiger partial charge in [-0.25, -0.2) is 4.57 Å². The number of esters is 2. The van der Waals surface area contributed by atoms with Gasteiger partial charge < -0.3 is 20.1 Å². The first-order valence-corrected chi connectivity index (χ1v) is 36.6. The van der Waals surface area contributed by atoms with Crippen LogP contribution in [-0.2, 0) is 32.7 Å². The number of ether oxygens (including phenoxy) is 2. The summed E-state index contributed by atoms with van der Waals surface area (Å²) in [6.45, 7) is 3.67. The SMILES string of the molecule is CC/C=C\C/C=C\C/C=C\C/C=C\CCCCCCCCCCCCCCCCCCC(=O)OC(COC(=O)CCCCCCCCCCCCCCCCCCCC/C=C\C/C=C\C/C=C\CCCCCCC)COP(=O)(O)OCCN. The van der Waals surface area contributed by atoms with Crippen LogP contribution in [0.15, 0.2) is 85.1 Å². The van der Waals surface area contributed by atoms with Crippen molar-refractivity contribution in [1.82, 2.24) is 0 Å². The molecule has 9 nitrogen and oxygen atoms in total. The maximum absolute atomic E-state index is 12.8. The van der Waals surface area contributed by atoms with Crippen LogP contribution in [0.25, 0.3) is 0 Å². The summed E-state index contributed by atoms with van der Waals surface area (Å²) in [4.78, 5) is 35.4. The van der Waals surface area contributed by atoms with E-state index in [0.717, 1.165) is 77.0 Å². The van der Waals surface area contributed by atoms with Gasteiger partial charge in [0.05, 0.1) is 13.2 Å². The zero-order valence-electron chi connectivity index (χ0n) is 54.2. The van der Waals surface area contributed by atoms with Crippen molar-refractivity contribution in [2.75, 3.05) is 26.4 Å². The third kappa shape index (κ3) is 68.2. The van der Waals surface area contributed by atoms with Crippen LogP contribution in [0.3, 0.4) is 0 Å². The first-order valence-electron chi connectivity index (χ1n) is 35.1. The molecule has 0 aliphatic carbocycles. The van der Waals surface area contributed by atoms with E-state index in [1.54, 1.807) is 0 Å². The molecule has 0 heterocycles. The third-order valence-electron chi connectivity index (χ3n) is 15.3. The Kier molecular flexibility index (Phi) is 66.0. The molecule has 2 atom stereocenters. The average molecular weight is 1180 g/mol. The van der Waals surface area contributed by atoms with Crippen molar-refractivity contribution >= 4 is 19.8 Å². The lowest BCUT2D eigenvalue weighted by Gasteiger charge is -2.19. The van der Waals surface area contributed by atoms with Crippen LogP contribution in [0, 0.1) is 0 Å². The molecule has 10 heteroatoms. The number of carbonyl (C=O) groups excluding carboxylic acids is 2. The Bertz CT molecular complexity index is 1640. The monoisotopic (exact) mass is 1180 g/mol. The Morgan fingerprint density at radius 1 is 0.373 bits per heavy atom. The summed E-state index contributed by atoms with van der Waals surface area (Å²) in [5, 5.41) is 0. The van der Waals surface area contributed by atoms with E-state index in [1.165, 1.54) is 225 Å². The van der Waals surface area contributed by atoms with E-state index in [9.17, 15) is 19.0 Å². The third-order valence-corrected chi connectivity index (χ3v) is 16.2. The summed E-state index contributed by atoms with van der Waals surface area (Å²) in [5.74, 6) is -0.815. The molecule has 0 fully saturated rings. The summed E-state index contributed by atoms with van der Waals surface area (Å²) < 4.78 is 33.2. The minimum Gasteiger partial charge on any atom is -0.462 e. The topological polar surface area (TPSA) is 134 Å². The van der Waals surface area contributed by atoms with E-state index in [-0.39, 0.29) is 38.6 Å². The number of carbonyl (C=O) groups is 2. The van der Waals surface area contributed by atoms with Crippen LogP contribution < -0.4 is 5.73 Å². The number of nitrogens with two attached hydrogens (primary N) is 1. The molecule has 0 aromatic carbocycles. The Morgan fingerprint density at radius 2 is 0.663 bits per heavy atom. The second-order valence-corrected chi connectivity index (χ2v) is 24.8. The lowest BCUT2D eigenvalue weighted by atomic mass is 10.0. The lowest BCUT2D eigenvalue weighted by molar-refractivity contribution is -0.161. The smallest absolute Gasteiger partial charge is 0.462 e. The van der Waals surface area contributed by atoms with Crippen LogP contribution in [-0.4, -0.2) is 49.3 Å². The molecule has 482 valence electrons. The molecule has 0 bridgehead atoms. The van der Waals surface area contributed by atoms with Crippen LogP contribution in [0.5, 0.6) is 0 Å². The number of unbranched alkanes of at least 4 members (excludes halogenated alkanes) is 39. The molecule has 83 heavy (non-hydrogen) atoms. The Morgan fingerprint density at radius 3 is 0.988 bits per heavy atom. The zero-order chi connectivity index (χ0) is 60.1. The predicted octanol–water partition coefficient (Wildman–Crippen LogP) is 23.0. The highest BCUT2D eigenvalue weighted by atomic mass is 31.2. The highest BCUT2D eigenvalue weighted by Gasteiger charge is 2.26. The van der Waals surface area contributed by atoms with Gasteiger partial charge in [-0.05, 0) is 89.9 Å². The predicted molar refractivity (Wildman–Crippen MR) is 358 cm³/mol. The van der Waals surface area contributed by atoms with Crippen molar-refractivity contribution in [1.29, 1.82) is 0 Å². The van der Waals surface area contributed by atoms with Gasteiger partial charge in [0, 0.05) is 19.4 Å². The number of hydrogen-bond acceptors (Lipinski definition) is 8. The summed E-state index contributed by atoms with van der Waals surface area (Å²) >= 11 is 0. The lowest BCUT2D eigenvalue weighted by Crippen LogP contribution is -2.29. The van der Waals surface area contributed by atoms with Crippen LogP contribution >= 0.6 is 7.82 Å². The fourth-order valence-corrected chi connectivity index (χ4v) is 10.9. The largest absolute Gasteiger partial charge is 0.472 e. The number of allylic oxidation sites excluding steroid dienone is 14. The number of rotatable bonds is 66. The van der Waals surface area contributed by atoms with Gasteiger partial charge in [-0.2, -0.15) is 0 Å². The fourth-order valence-electron chi connectivity index (χ4n) is 10.1. The molecule has 0 saturated heterocycles. The minimum atomic E-state index is -4.40. The first-order chi connectivity index (χ1) is 40.8. The summed E-state index contributed by atoms with van der Waals surface area (Å²) in [5.41, 5.74) is 5.40. The average Bonchev–Trinajstić information content (AvgIpc) is 3.49. The maximum Gasteiger partial charge on any atom is 0.472 e. The van der Waals surface area contributed by atoms with E-state index in [4.69, 9.17) is 24.3 Å². The molecule has 0 aromatic heterocycles. The quantitative estimate of drug-likeness (QED) is 0.0264. The Balaban J connectivity index is 3.85. The van der Waals surface area contributed by atoms with Gasteiger partial charge in [0.2, 0.25) is 0 Å².